The van der Waals surface area contributed by atoms with Crippen LogP contribution < -0.4 is 10.6 Å². The highest BCUT2D eigenvalue weighted by molar-refractivity contribution is 5.78. The molecule has 120 valence electrons. The molecule has 1 atom stereocenters. The average molecular weight is 303 g/mol. The van der Waals surface area contributed by atoms with Crippen LogP contribution in [0.5, 0.6) is 0 Å². The van der Waals surface area contributed by atoms with Crippen molar-refractivity contribution in [1.82, 2.24) is 14.9 Å². The number of amides is 1. The van der Waals surface area contributed by atoms with Gasteiger partial charge in [0.15, 0.2) is 0 Å². The van der Waals surface area contributed by atoms with Crippen molar-refractivity contribution < 1.29 is 4.79 Å². The predicted molar refractivity (Wildman–Crippen MR) is 85.8 cm³/mol. The van der Waals surface area contributed by atoms with Crippen molar-refractivity contribution in [2.75, 3.05) is 37.6 Å². The molecule has 1 aromatic rings. The molecule has 0 bridgehead atoms. The van der Waals surface area contributed by atoms with Crippen LogP contribution in [0.4, 0.5) is 5.82 Å². The SMILES string of the molecule is Cc1nc([C@@H]2CCCN(C(=O)CN)C2)cc(N2CCCC2)n1. The van der Waals surface area contributed by atoms with Gasteiger partial charge in [-0.2, -0.15) is 0 Å². The Labute approximate surface area is 131 Å². The van der Waals surface area contributed by atoms with E-state index in [4.69, 9.17) is 5.73 Å². The lowest BCUT2D eigenvalue weighted by Crippen LogP contribution is -2.42. The van der Waals surface area contributed by atoms with Crippen LogP contribution in [0.2, 0.25) is 0 Å². The molecule has 6 heteroatoms. The van der Waals surface area contributed by atoms with Crippen LogP contribution in [0.3, 0.4) is 0 Å². The molecule has 2 aliphatic rings. The third-order valence-electron chi connectivity index (χ3n) is 4.64. The Balaban J connectivity index is 1.79. The number of carbonyl (C=O) groups excluding carboxylic acids is 1. The number of aryl methyl sites for hydroxylation is 1. The fourth-order valence-electron chi connectivity index (χ4n) is 3.47. The molecular weight excluding hydrogens is 278 g/mol. The van der Waals surface area contributed by atoms with Gasteiger partial charge in [-0.05, 0) is 32.6 Å². The molecule has 0 saturated carbocycles. The first-order valence-corrected chi connectivity index (χ1v) is 8.25. The average Bonchev–Trinajstić information content (AvgIpc) is 3.08. The molecule has 0 aromatic carbocycles. The zero-order chi connectivity index (χ0) is 15.5. The standard InChI is InChI=1S/C16H25N5O/c1-12-18-14(9-15(19-12)20-6-2-3-7-20)13-5-4-8-21(11-13)16(22)10-17/h9,13H,2-8,10-11,17H2,1H3/t13-/m1/s1. The van der Waals surface area contributed by atoms with Crippen molar-refractivity contribution in [1.29, 1.82) is 0 Å². The van der Waals surface area contributed by atoms with Gasteiger partial charge in [0.2, 0.25) is 5.91 Å². The highest BCUT2D eigenvalue weighted by Gasteiger charge is 2.26. The number of hydrogen-bond donors (Lipinski definition) is 1. The summed E-state index contributed by atoms with van der Waals surface area (Å²) in [6, 6.07) is 2.12. The number of anilines is 1. The monoisotopic (exact) mass is 303 g/mol. The quantitative estimate of drug-likeness (QED) is 0.903. The summed E-state index contributed by atoms with van der Waals surface area (Å²) in [6.45, 7) is 5.75. The molecular formula is C16H25N5O. The predicted octanol–water partition coefficient (Wildman–Crippen LogP) is 1.05. The maximum absolute atomic E-state index is 11.8. The summed E-state index contributed by atoms with van der Waals surface area (Å²) in [5, 5.41) is 0. The number of aromatic nitrogens is 2. The molecule has 2 aliphatic heterocycles. The Morgan fingerprint density at radius 1 is 1.27 bits per heavy atom. The fraction of sp³-hybridized carbons (Fsp3) is 0.688. The van der Waals surface area contributed by atoms with E-state index in [1.807, 2.05) is 11.8 Å². The third kappa shape index (κ3) is 3.21. The Kier molecular flexibility index (Phi) is 4.57. The lowest BCUT2D eigenvalue weighted by molar-refractivity contribution is -0.130. The molecule has 0 radical (unpaired) electrons. The highest BCUT2D eigenvalue weighted by Crippen LogP contribution is 2.28. The van der Waals surface area contributed by atoms with Gasteiger partial charge in [-0.3, -0.25) is 4.79 Å². The van der Waals surface area contributed by atoms with E-state index in [0.29, 0.717) is 5.92 Å². The van der Waals surface area contributed by atoms with E-state index in [2.05, 4.69) is 20.9 Å². The number of nitrogens with two attached hydrogens (primary N) is 1. The van der Waals surface area contributed by atoms with Crippen molar-refractivity contribution in [2.24, 2.45) is 5.73 Å². The van der Waals surface area contributed by atoms with Gasteiger partial charge in [0.05, 0.1) is 12.2 Å². The third-order valence-corrected chi connectivity index (χ3v) is 4.64. The van der Waals surface area contributed by atoms with Crippen LogP contribution >= 0.6 is 0 Å². The van der Waals surface area contributed by atoms with Crippen LogP contribution in [-0.2, 0) is 4.79 Å². The minimum Gasteiger partial charge on any atom is -0.357 e. The summed E-state index contributed by atoms with van der Waals surface area (Å²) >= 11 is 0. The molecule has 0 spiro atoms. The van der Waals surface area contributed by atoms with E-state index in [0.717, 1.165) is 56.4 Å². The Bertz CT molecular complexity index is 541. The van der Waals surface area contributed by atoms with Gasteiger partial charge in [0, 0.05) is 38.2 Å². The zero-order valence-corrected chi connectivity index (χ0v) is 13.3. The van der Waals surface area contributed by atoms with Crippen molar-refractivity contribution in [3.8, 4) is 0 Å². The van der Waals surface area contributed by atoms with Gasteiger partial charge in [0.25, 0.3) is 0 Å². The molecule has 22 heavy (non-hydrogen) atoms. The maximum atomic E-state index is 11.8. The van der Waals surface area contributed by atoms with Gasteiger partial charge < -0.3 is 15.5 Å². The highest BCUT2D eigenvalue weighted by atomic mass is 16.2. The molecule has 2 fully saturated rings. The maximum Gasteiger partial charge on any atom is 0.236 e. The largest absolute Gasteiger partial charge is 0.357 e. The van der Waals surface area contributed by atoms with Crippen LogP contribution in [0.1, 0.15) is 43.1 Å². The lowest BCUT2D eigenvalue weighted by Gasteiger charge is -2.32. The molecule has 6 nitrogen and oxygen atoms in total. The topological polar surface area (TPSA) is 75.3 Å². The number of carbonyl (C=O) groups is 1. The summed E-state index contributed by atoms with van der Waals surface area (Å²) < 4.78 is 0. The number of piperidine rings is 1. The number of nitrogens with zero attached hydrogens (tertiary/aromatic N) is 4. The van der Waals surface area contributed by atoms with E-state index in [-0.39, 0.29) is 12.5 Å². The van der Waals surface area contributed by atoms with Crippen LogP contribution in [-0.4, -0.2) is 53.5 Å². The second-order valence-corrected chi connectivity index (χ2v) is 6.28. The molecule has 0 aliphatic carbocycles. The van der Waals surface area contributed by atoms with Crippen molar-refractivity contribution in [2.45, 2.75) is 38.5 Å². The summed E-state index contributed by atoms with van der Waals surface area (Å²) in [5.74, 6) is 2.20. The van der Waals surface area contributed by atoms with Crippen LogP contribution in [0.15, 0.2) is 6.07 Å². The molecule has 0 unspecified atom stereocenters. The minimum absolute atomic E-state index is 0.0373. The Morgan fingerprint density at radius 2 is 2.05 bits per heavy atom. The molecule has 1 amide bonds. The summed E-state index contributed by atoms with van der Waals surface area (Å²) in [5.41, 5.74) is 6.57. The van der Waals surface area contributed by atoms with E-state index >= 15 is 0 Å². The van der Waals surface area contributed by atoms with Gasteiger partial charge >= 0.3 is 0 Å². The summed E-state index contributed by atoms with van der Waals surface area (Å²) in [4.78, 5) is 25.3. The summed E-state index contributed by atoms with van der Waals surface area (Å²) in [6.07, 6.45) is 4.56. The van der Waals surface area contributed by atoms with Gasteiger partial charge in [-0.1, -0.05) is 0 Å². The summed E-state index contributed by atoms with van der Waals surface area (Å²) in [7, 11) is 0. The van der Waals surface area contributed by atoms with Crippen LogP contribution in [0.25, 0.3) is 0 Å². The van der Waals surface area contributed by atoms with Gasteiger partial charge in [0.1, 0.15) is 11.6 Å². The number of rotatable bonds is 3. The smallest absolute Gasteiger partial charge is 0.236 e. The second-order valence-electron chi connectivity index (χ2n) is 6.28. The zero-order valence-electron chi connectivity index (χ0n) is 13.3. The molecule has 3 heterocycles. The second kappa shape index (κ2) is 6.60. The first kappa shape index (κ1) is 15.2. The van der Waals surface area contributed by atoms with Crippen LogP contribution in [0, 0.1) is 6.92 Å². The van der Waals surface area contributed by atoms with Gasteiger partial charge in [-0.15, -0.1) is 0 Å². The lowest BCUT2D eigenvalue weighted by atomic mass is 9.94. The Hall–Kier alpha value is -1.69. The first-order chi connectivity index (χ1) is 10.7. The Morgan fingerprint density at radius 3 is 2.77 bits per heavy atom. The first-order valence-electron chi connectivity index (χ1n) is 8.25. The fourth-order valence-corrected chi connectivity index (χ4v) is 3.47. The molecule has 1 aromatic heterocycles. The van der Waals surface area contributed by atoms with Crippen molar-refractivity contribution in [3.05, 3.63) is 17.6 Å². The van der Waals surface area contributed by atoms with E-state index in [1.54, 1.807) is 0 Å². The van der Waals surface area contributed by atoms with E-state index < -0.39 is 0 Å². The molecule has 2 saturated heterocycles. The van der Waals surface area contributed by atoms with Gasteiger partial charge in [-0.25, -0.2) is 9.97 Å². The molecule has 3 rings (SSSR count). The normalized spacial score (nSPS) is 22.2. The number of likely N-dealkylation sites (tertiary alicyclic amines) is 1. The van der Waals surface area contributed by atoms with E-state index in [1.165, 1.54) is 12.8 Å². The van der Waals surface area contributed by atoms with E-state index in [9.17, 15) is 4.79 Å². The minimum atomic E-state index is 0.0373. The molecule has 2 N–H and O–H groups in total. The van der Waals surface area contributed by atoms with Crippen molar-refractivity contribution in [3.63, 3.8) is 0 Å². The van der Waals surface area contributed by atoms with Crippen molar-refractivity contribution >= 4 is 11.7 Å². The number of hydrogen-bond acceptors (Lipinski definition) is 5.